The number of hydrogen-bond acceptors (Lipinski definition) is 8. The van der Waals surface area contributed by atoms with Gasteiger partial charge in [0, 0.05) is 12.3 Å². The second kappa shape index (κ2) is 7.09. The molecule has 1 fully saturated rings. The van der Waals surface area contributed by atoms with Crippen molar-refractivity contribution in [3.63, 3.8) is 0 Å². The Hall–Kier alpha value is -2.37. The highest BCUT2D eigenvalue weighted by Crippen LogP contribution is 2.37. The molecular weight excluding hydrogens is 364 g/mol. The van der Waals surface area contributed by atoms with Crippen molar-refractivity contribution in [2.24, 2.45) is 0 Å². The van der Waals surface area contributed by atoms with Crippen LogP contribution in [0.15, 0.2) is 52.2 Å². The Morgan fingerprint density at radius 1 is 1.27 bits per heavy atom. The number of thiocarbonyl (C=S) groups is 1. The van der Waals surface area contributed by atoms with Crippen LogP contribution in [0, 0.1) is 0 Å². The standard InChI is InChI=1S/C16H16N2O7S/c19-8-10-12(21)13(22)16(25-10,18-7-6-11(20)17-15(18)23)14(26)24-9-4-2-1-3-5-9/h1-7,10,12-13,19,21-22H,8H2,(H,17,20,23)/t10-,12-,13-,16+/m1/s1. The van der Waals surface area contributed by atoms with E-state index in [-0.39, 0.29) is 5.05 Å². The monoisotopic (exact) mass is 380 g/mol. The molecule has 4 atom stereocenters. The maximum absolute atomic E-state index is 12.3. The molecule has 0 amide bonds. The molecule has 2 heterocycles. The number of para-hydroxylation sites is 1. The Labute approximate surface area is 152 Å². The van der Waals surface area contributed by atoms with Gasteiger partial charge in [-0.15, -0.1) is 0 Å². The first kappa shape index (κ1) is 18.4. The van der Waals surface area contributed by atoms with E-state index in [1.165, 1.54) is 0 Å². The zero-order valence-corrected chi connectivity index (χ0v) is 14.1. The lowest BCUT2D eigenvalue weighted by molar-refractivity contribution is -0.105. The fourth-order valence-corrected chi connectivity index (χ4v) is 3.13. The second-order valence-electron chi connectivity index (χ2n) is 5.65. The Bertz CT molecular complexity index is 913. The number of aromatic nitrogens is 2. The van der Waals surface area contributed by atoms with Crippen LogP contribution in [0.25, 0.3) is 0 Å². The van der Waals surface area contributed by atoms with Crippen molar-refractivity contribution in [1.82, 2.24) is 9.55 Å². The molecule has 2 aromatic rings. The van der Waals surface area contributed by atoms with E-state index in [9.17, 15) is 24.9 Å². The molecule has 4 N–H and O–H groups in total. The number of aliphatic hydroxyl groups excluding tert-OH is 3. The molecule has 1 aromatic carbocycles. The van der Waals surface area contributed by atoms with Gasteiger partial charge in [-0.2, -0.15) is 0 Å². The maximum atomic E-state index is 12.3. The molecule has 1 aliphatic rings. The zero-order chi connectivity index (χ0) is 18.9. The van der Waals surface area contributed by atoms with Crippen LogP contribution in [0.1, 0.15) is 0 Å². The van der Waals surface area contributed by atoms with Gasteiger partial charge < -0.3 is 24.8 Å². The first-order chi connectivity index (χ1) is 12.4. The molecular formula is C16H16N2O7S. The lowest BCUT2D eigenvalue weighted by atomic mass is 10.0. The van der Waals surface area contributed by atoms with Gasteiger partial charge in [0.1, 0.15) is 24.1 Å². The van der Waals surface area contributed by atoms with Gasteiger partial charge in [-0.3, -0.25) is 14.3 Å². The summed E-state index contributed by atoms with van der Waals surface area (Å²) in [7, 11) is 0. The number of nitrogens with zero attached hydrogens (tertiary/aromatic N) is 1. The smallest absolute Gasteiger partial charge is 0.331 e. The highest BCUT2D eigenvalue weighted by atomic mass is 32.1. The largest absolute Gasteiger partial charge is 0.445 e. The number of rotatable bonds is 4. The predicted molar refractivity (Wildman–Crippen MR) is 92.9 cm³/mol. The maximum Gasteiger partial charge on any atom is 0.331 e. The molecule has 3 rings (SSSR count). The fraction of sp³-hybridized carbons (Fsp3) is 0.312. The van der Waals surface area contributed by atoms with Gasteiger partial charge in [-0.1, -0.05) is 18.2 Å². The van der Waals surface area contributed by atoms with Gasteiger partial charge in [0.2, 0.25) is 10.8 Å². The van der Waals surface area contributed by atoms with Gasteiger partial charge in [0.05, 0.1) is 6.61 Å². The van der Waals surface area contributed by atoms with Crippen LogP contribution < -0.4 is 16.0 Å². The molecule has 0 saturated carbocycles. The molecule has 0 radical (unpaired) electrons. The van der Waals surface area contributed by atoms with Crippen molar-refractivity contribution in [2.75, 3.05) is 6.61 Å². The molecule has 1 aromatic heterocycles. The average Bonchev–Trinajstić information content (AvgIpc) is 2.88. The van der Waals surface area contributed by atoms with Crippen molar-refractivity contribution < 1.29 is 24.8 Å². The lowest BCUT2D eigenvalue weighted by Crippen LogP contribution is -2.57. The summed E-state index contributed by atoms with van der Waals surface area (Å²) in [6.45, 7) is -0.633. The number of ether oxygens (including phenoxy) is 2. The molecule has 1 saturated heterocycles. The molecule has 1 aliphatic heterocycles. The van der Waals surface area contributed by atoms with Gasteiger partial charge in [-0.05, 0) is 24.4 Å². The molecule has 10 heteroatoms. The van der Waals surface area contributed by atoms with E-state index in [1.807, 2.05) is 4.98 Å². The summed E-state index contributed by atoms with van der Waals surface area (Å²) in [6.07, 6.45) is -3.44. The fourth-order valence-electron chi connectivity index (χ4n) is 2.76. The molecule has 138 valence electrons. The third-order valence-electron chi connectivity index (χ3n) is 4.04. The summed E-state index contributed by atoms with van der Waals surface area (Å²) >= 11 is 5.26. The van der Waals surface area contributed by atoms with Gasteiger partial charge in [0.15, 0.2) is 0 Å². The summed E-state index contributed by atoms with van der Waals surface area (Å²) in [6, 6.07) is 9.35. The minimum atomic E-state index is -2.13. The highest BCUT2D eigenvalue weighted by molar-refractivity contribution is 7.80. The van der Waals surface area contributed by atoms with E-state index < -0.39 is 41.9 Å². The van der Waals surface area contributed by atoms with Crippen molar-refractivity contribution in [3.8, 4) is 5.75 Å². The summed E-state index contributed by atoms with van der Waals surface area (Å²) in [5.41, 5.74) is -3.72. The Morgan fingerprint density at radius 2 is 1.96 bits per heavy atom. The molecule has 9 nitrogen and oxygen atoms in total. The van der Waals surface area contributed by atoms with Gasteiger partial charge in [0.25, 0.3) is 5.56 Å². The first-order valence-electron chi connectivity index (χ1n) is 7.64. The van der Waals surface area contributed by atoms with Crippen LogP contribution in [0.5, 0.6) is 5.75 Å². The van der Waals surface area contributed by atoms with E-state index in [1.54, 1.807) is 30.3 Å². The second-order valence-corrected chi connectivity index (χ2v) is 6.02. The molecule has 0 unspecified atom stereocenters. The van der Waals surface area contributed by atoms with Gasteiger partial charge >= 0.3 is 5.69 Å². The van der Waals surface area contributed by atoms with E-state index in [0.29, 0.717) is 5.75 Å². The SMILES string of the molecule is O=c1ccn([C@]2(C(=S)Oc3ccccc3)O[C@H](CO)[C@@H](O)[C@H]2O)c(=O)[nH]1. The van der Waals surface area contributed by atoms with E-state index >= 15 is 0 Å². The molecule has 0 bridgehead atoms. The molecule has 0 aliphatic carbocycles. The number of nitrogens with one attached hydrogen (secondary N) is 1. The van der Waals surface area contributed by atoms with E-state index in [0.717, 1.165) is 16.8 Å². The summed E-state index contributed by atoms with van der Waals surface area (Å²) in [5.74, 6) is 0.312. The number of hydrogen-bond donors (Lipinski definition) is 4. The number of aromatic amines is 1. The lowest BCUT2D eigenvalue weighted by Gasteiger charge is -2.33. The Balaban J connectivity index is 2.12. The van der Waals surface area contributed by atoms with Crippen LogP contribution in [-0.2, 0) is 10.5 Å². The first-order valence-corrected chi connectivity index (χ1v) is 8.05. The topological polar surface area (TPSA) is 134 Å². The van der Waals surface area contributed by atoms with Crippen molar-refractivity contribution in [1.29, 1.82) is 0 Å². The number of H-pyrrole nitrogens is 1. The van der Waals surface area contributed by atoms with Crippen LogP contribution in [0.2, 0.25) is 0 Å². The van der Waals surface area contributed by atoms with Crippen molar-refractivity contribution in [3.05, 3.63) is 63.4 Å². The Kier molecular flexibility index (Phi) is 5.03. The molecule has 0 spiro atoms. The van der Waals surface area contributed by atoms with E-state index in [2.05, 4.69) is 0 Å². The zero-order valence-electron chi connectivity index (χ0n) is 13.3. The summed E-state index contributed by atoms with van der Waals surface area (Å²) in [5, 5.41) is 29.8. The molecule has 26 heavy (non-hydrogen) atoms. The third kappa shape index (κ3) is 2.97. The van der Waals surface area contributed by atoms with E-state index in [4.69, 9.17) is 21.7 Å². The minimum Gasteiger partial charge on any atom is -0.445 e. The summed E-state index contributed by atoms with van der Waals surface area (Å²) < 4.78 is 12.0. The summed E-state index contributed by atoms with van der Waals surface area (Å²) in [4.78, 5) is 25.7. The van der Waals surface area contributed by atoms with Crippen LogP contribution in [0.3, 0.4) is 0 Å². The Morgan fingerprint density at radius 3 is 2.54 bits per heavy atom. The highest BCUT2D eigenvalue weighted by Gasteiger charge is 2.60. The number of aliphatic hydroxyl groups is 3. The van der Waals surface area contributed by atoms with Crippen LogP contribution in [-0.4, -0.2) is 54.8 Å². The quantitative estimate of drug-likeness (QED) is 0.482. The van der Waals surface area contributed by atoms with Gasteiger partial charge in [-0.25, -0.2) is 4.79 Å². The third-order valence-corrected chi connectivity index (χ3v) is 4.42. The van der Waals surface area contributed by atoms with Crippen molar-refractivity contribution >= 4 is 17.3 Å². The predicted octanol–water partition coefficient (Wildman–Crippen LogP) is -1.29. The van der Waals surface area contributed by atoms with Crippen LogP contribution in [0.4, 0.5) is 0 Å². The van der Waals surface area contributed by atoms with Crippen LogP contribution >= 0.6 is 12.2 Å². The van der Waals surface area contributed by atoms with Crippen molar-refractivity contribution in [2.45, 2.75) is 24.0 Å². The minimum absolute atomic E-state index is 0.312. The number of benzene rings is 1. The normalized spacial score (nSPS) is 28.0. The average molecular weight is 380 g/mol.